The zero-order valence-corrected chi connectivity index (χ0v) is 81.9. The van der Waals surface area contributed by atoms with E-state index in [0.717, 1.165) is 101 Å². The summed E-state index contributed by atoms with van der Waals surface area (Å²) in [6.45, 7) is 25.3. The summed E-state index contributed by atoms with van der Waals surface area (Å²) in [4.78, 5) is 60.1. The van der Waals surface area contributed by atoms with E-state index in [0.29, 0.717) is 90.2 Å². The molecule has 29 nitrogen and oxygen atoms in total. The number of rotatable bonds is 31. The molecule has 6 aliphatic heterocycles. The van der Waals surface area contributed by atoms with Gasteiger partial charge in [-0.2, -0.15) is 45.2 Å². The topological polar surface area (TPSA) is 320 Å². The Labute approximate surface area is 819 Å². The van der Waals surface area contributed by atoms with Gasteiger partial charge < -0.3 is 50.5 Å². The Morgan fingerprint density at radius 1 is 0.434 bits per heavy atom. The number of methoxy groups -OCH3 is 4. The summed E-state index contributed by atoms with van der Waals surface area (Å²) in [7, 11) is 6.08. The lowest BCUT2D eigenvalue weighted by atomic mass is 10.1. The maximum absolute atomic E-state index is 11.2. The van der Waals surface area contributed by atoms with Crippen LogP contribution >= 0.6 is 50.7 Å². The fourth-order valence-corrected chi connectivity index (χ4v) is 15.5. The number of carbonyl (C=O) groups excluding carboxylic acids is 2. The average Bonchev–Trinajstić information content (AvgIpc) is 1.64. The number of esters is 2. The van der Waals surface area contributed by atoms with Crippen LogP contribution in [0, 0.1) is 0 Å². The number of aliphatic hydroxyl groups excluding tert-OH is 1. The van der Waals surface area contributed by atoms with Crippen molar-refractivity contribution < 1.29 is 38.4 Å². The Kier molecular flexibility index (Phi) is 40.1. The van der Waals surface area contributed by atoms with Gasteiger partial charge in [-0.15, -0.1) is 11.6 Å². The molecule has 0 bridgehead atoms. The first-order valence-corrected chi connectivity index (χ1v) is 48.7. The van der Waals surface area contributed by atoms with Crippen molar-refractivity contribution in [1.82, 2.24) is 89.5 Å². The number of aromatic amines is 1. The molecule has 6 aliphatic rings. The van der Waals surface area contributed by atoms with Gasteiger partial charge in [-0.3, -0.25) is 29.6 Å². The predicted octanol–water partition coefficient (Wildman–Crippen LogP) is 17.9. The summed E-state index contributed by atoms with van der Waals surface area (Å²) < 4.78 is 28.9. The van der Waals surface area contributed by atoms with Crippen LogP contribution in [0.25, 0.3) is 33.1 Å². The molecule has 6 aromatic heterocycles. The van der Waals surface area contributed by atoms with Crippen LogP contribution in [0.5, 0.6) is 17.5 Å². The minimum absolute atomic E-state index is 0.143. The molecule has 0 atom stereocenters. The van der Waals surface area contributed by atoms with Gasteiger partial charge >= 0.3 is 17.9 Å². The summed E-state index contributed by atoms with van der Waals surface area (Å²) in [6.07, 6.45) is 15.2. The van der Waals surface area contributed by atoms with Crippen LogP contribution in [0.3, 0.4) is 0 Å². The number of alkyl halides is 2. The second-order valence-electron chi connectivity index (χ2n) is 33.7. The number of H-pyrrole nitrogens is 1. The van der Waals surface area contributed by atoms with E-state index in [-0.39, 0.29) is 29.1 Å². The van der Waals surface area contributed by atoms with Crippen molar-refractivity contribution in [3.63, 3.8) is 0 Å². The van der Waals surface area contributed by atoms with E-state index in [2.05, 4.69) is 208 Å². The smallest absolute Gasteiger partial charge is 0.337 e. The monoisotopic (exact) mass is 1970 g/mol. The number of nitrogens with two attached hydrogens (primary N) is 1. The number of fused-ring (bicyclic) bond motifs is 3. The normalized spacial score (nSPS) is 14.2. The number of aliphatic hydroxyl groups is 1. The Bertz CT molecular complexity index is 5900. The van der Waals surface area contributed by atoms with Crippen LogP contribution < -0.4 is 35.9 Å². The van der Waals surface area contributed by atoms with Crippen molar-refractivity contribution in [2.75, 3.05) is 130 Å². The van der Waals surface area contributed by atoms with Crippen molar-refractivity contribution in [2.45, 2.75) is 135 Å². The van der Waals surface area contributed by atoms with E-state index in [1.54, 1.807) is 44.9 Å². The van der Waals surface area contributed by atoms with Crippen LogP contribution in [0.2, 0.25) is 10.6 Å². The average molecular weight is 1970 g/mol. The quantitative estimate of drug-likeness (QED) is 0.0102. The Balaban J connectivity index is 0.000000137. The van der Waals surface area contributed by atoms with E-state index in [1.165, 1.54) is 176 Å². The molecular formula is C103H123BrCl3N21O8. The summed E-state index contributed by atoms with van der Waals surface area (Å²) >= 11 is 21.1. The van der Waals surface area contributed by atoms with Crippen LogP contribution in [0.1, 0.15) is 146 Å². The number of hydrogen-bond donors (Lipinski definition) is 6. The molecule has 0 radical (unpaired) electrons. The van der Waals surface area contributed by atoms with Crippen molar-refractivity contribution in [2.24, 2.45) is 0 Å². The van der Waals surface area contributed by atoms with Gasteiger partial charge in [-0.05, 0) is 262 Å². The number of hydrogen-bond acceptors (Lipinski definition) is 26. The molecule has 716 valence electrons. The number of carbonyl (C=O) groups is 2. The number of anilines is 3. The second-order valence-corrected chi connectivity index (χ2v) is 35.2. The molecule has 7 N–H and O–H groups in total. The number of benzene rings is 8. The number of nitrogen functional groups attached to an aromatic ring is 1. The van der Waals surface area contributed by atoms with Gasteiger partial charge in [-0.1, -0.05) is 175 Å². The maximum Gasteiger partial charge on any atom is 0.337 e. The molecule has 14 aromatic rings. The fraction of sp³-hybridized carbons (Fsp3) is 0.369. The summed E-state index contributed by atoms with van der Waals surface area (Å²) in [5, 5.41) is 37.9. The highest BCUT2D eigenvalue weighted by molar-refractivity contribution is 9.08. The number of nitrogens with one attached hydrogen (secondary N) is 4. The summed E-state index contributed by atoms with van der Waals surface area (Å²) in [6, 6.07) is 65.1. The number of halogens is 4. The van der Waals surface area contributed by atoms with Gasteiger partial charge in [0, 0.05) is 57.0 Å². The molecule has 136 heavy (non-hydrogen) atoms. The zero-order chi connectivity index (χ0) is 95.2. The molecule has 6 fully saturated rings. The first kappa shape index (κ1) is 102. The molecule has 0 unspecified atom stereocenters. The van der Waals surface area contributed by atoms with Crippen molar-refractivity contribution in [1.29, 1.82) is 0 Å². The largest absolute Gasteiger partial charge is 0.497 e. The maximum atomic E-state index is 11.2. The lowest BCUT2D eigenvalue weighted by molar-refractivity contribution is 0.0592. The van der Waals surface area contributed by atoms with Gasteiger partial charge in [-0.25, -0.2) is 19.0 Å². The van der Waals surface area contributed by atoms with E-state index in [4.69, 9.17) is 59.9 Å². The van der Waals surface area contributed by atoms with Gasteiger partial charge in [0.2, 0.25) is 10.6 Å². The minimum atomic E-state index is -0.295. The van der Waals surface area contributed by atoms with Crippen molar-refractivity contribution >= 4 is 113 Å². The third-order valence-corrected chi connectivity index (χ3v) is 25.0. The van der Waals surface area contributed by atoms with Crippen LogP contribution in [-0.4, -0.2) is 215 Å². The fourth-order valence-electron chi connectivity index (χ4n) is 14.6. The number of unbranched alkanes of at least 4 members (excludes halogenated alkanes) is 1. The third kappa shape index (κ3) is 31.4. The van der Waals surface area contributed by atoms with E-state index in [1.807, 2.05) is 106 Å². The Hall–Kier alpha value is -11.8. The van der Waals surface area contributed by atoms with Gasteiger partial charge in [0.15, 0.2) is 16.9 Å². The van der Waals surface area contributed by atoms with Gasteiger partial charge in [0.25, 0.3) is 0 Å². The molecule has 0 aliphatic carbocycles. The van der Waals surface area contributed by atoms with Crippen LogP contribution in [-0.2, 0) is 86.2 Å². The molecule has 20 rings (SSSR count). The molecular weight excluding hydrogens is 1850 g/mol. The molecule has 6 saturated heterocycles. The molecule has 0 amide bonds. The first-order valence-electron chi connectivity index (χ1n) is 46.3. The first-order chi connectivity index (χ1) is 66.5. The Morgan fingerprint density at radius 3 is 1.15 bits per heavy atom. The third-order valence-electron chi connectivity index (χ3n) is 23.7. The molecule has 8 aromatic carbocycles. The second kappa shape index (κ2) is 53.7. The van der Waals surface area contributed by atoms with Crippen molar-refractivity contribution in [3.05, 3.63) is 301 Å². The Morgan fingerprint density at radius 2 is 0.787 bits per heavy atom. The summed E-state index contributed by atoms with van der Waals surface area (Å²) in [5.41, 5.74) is 23.9. The molecule has 0 spiro atoms. The number of likely N-dealkylation sites (tertiary alicyclic amines) is 5. The lowest BCUT2D eigenvalue weighted by Gasteiger charge is -2.30. The van der Waals surface area contributed by atoms with E-state index < -0.39 is 0 Å². The number of aromatic nitrogens is 12. The van der Waals surface area contributed by atoms with Gasteiger partial charge in [0.1, 0.15) is 29.0 Å². The number of nitrogens with zero attached hydrogens (tertiary/aromatic N) is 16. The van der Waals surface area contributed by atoms with Crippen LogP contribution in [0.4, 0.5) is 17.5 Å². The van der Waals surface area contributed by atoms with Gasteiger partial charge in [0.05, 0.1) is 101 Å². The highest BCUT2D eigenvalue weighted by Crippen LogP contribution is 2.29. The highest BCUT2D eigenvalue weighted by atomic mass is 79.9. The molecule has 0 saturated carbocycles. The highest BCUT2D eigenvalue weighted by Gasteiger charge is 2.22. The van der Waals surface area contributed by atoms with E-state index in [9.17, 15) is 9.59 Å². The van der Waals surface area contributed by atoms with Crippen LogP contribution in [0.15, 0.2) is 213 Å². The SMILES string of the molecule is C1CNC1.CCCCOc1nc(N)c2cnn(Cc3ccc(CN4CCC4)cc3)c2n1.COC(=O)c1ccc(CBr)cc1.COC(=O)c1ccc(CN2CCC2)cc1.COc1ccc(CNc2nc(Cl)nc3[nH]ncc23)cc1.COc1ccc(CNc2nc(Cl)nc3c2cnn3Cc2ccc(CN3CCC3)cc2)cc1.ClCc1ccc(CN2CCC2)cc1.OCc1ccc(CN2CCC2)cc1. The zero-order valence-electron chi connectivity index (χ0n) is 78.1. The predicted molar refractivity (Wildman–Crippen MR) is 542 cm³/mol. The minimum Gasteiger partial charge on any atom is -0.497 e. The summed E-state index contributed by atoms with van der Waals surface area (Å²) in [5.74, 6) is 3.44. The molecule has 33 heteroatoms. The lowest BCUT2D eigenvalue weighted by Crippen LogP contribution is -2.36. The van der Waals surface area contributed by atoms with Crippen molar-refractivity contribution in [3.8, 4) is 17.5 Å². The molecule has 12 heterocycles. The standard InChI is InChI=1S/C24H25ClN6O.C20H26N6O.C13H12ClN5O.C12H15NO2.C11H14ClN.C11H15NO.C9H9BrO2.C3H7N/c1-32-20-9-7-17(8-10-20)13-26-22-21-14-27-31(23(21)29-24(25)28-22)16-19-5-3-18(4-6-19)15-30-11-2-12-30;1-2-3-11-27-20-23-18(21)17-12-22-26(19(17)24-20)14-16-7-5-15(6-8-16)13-25-9-4-10-25;1-20-9-4-2-8(3-5-9)6-15-11-10-7-16-19-12(10)18-13(14)17-11;1-15-12(14)11-5-3-10(4-6-11)9-13-7-2-8-13;12-8-10-2-4-11(5-3-10)9-13-6-1-7-13;13-9-11-4-2-10(3-5-11)8-12-6-1-7-12;1-12-9(11)8-4-2-7(6-10)3-5-8;1-2-4-3-1/h3-10,14H,2,11-13,15-16H2,1H3,(H,26,28,29);5-8,12H,2-4,9-11,13-14H2,1H3,(H2,21,23,24);2-5,7H,6H2,1H3,(H2,15,16,17,18,19);3-6H,2,7-9H2,1H3;2-5H,1,6-9H2;2-5,13H,1,6-9H2;2-5H,6H2,1H3;4H,1-3H2. The number of ether oxygens (including phenoxy) is 5. The van der Waals surface area contributed by atoms with E-state index >= 15 is 0 Å².